The second kappa shape index (κ2) is 9.53. The van der Waals surface area contributed by atoms with Crippen LogP contribution in [0, 0.1) is 0 Å². The quantitative estimate of drug-likeness (QED) is 0.676. The average Bonchev–Trinajstić information content (AvgIpc) is 2.71. The van der Waals surface area contributed by atoms with Crippen LogP contribution in [0.2, 0.25) is 0 Å². The second-order valence-electron chi connectivity index (χ2n) is 6.53. The van der Waals surface area contributed by atoms with Crippen molar-refractivity contribution in [2.45, 2.75) is 17.9 Å². The van der Waals surface area contributed by atoms with E-state index >= 15 is 0 Å². The first-order valence-corrected chi connectivity index (χ1v) is 10.3. The lowest BCUT2D eigenvalue weighted by molar-refractivity contribution is -0.120. The summed E-state index contributed by atoms with van der Waals surface area (Å²) in [5.74, 6) is -0.266. The number of hydrogen-bond donors (Lipinski definition) is 2. The molecule has 2 N–H and O–H groups in total. The fourth-order valence-electron chi connectivity index (χ4n) is 2.67. The topological polar surface area (TPSA) is 105 Å². The van der Waals surface area contributed by atoms with E-state index in [0.29, 0.717) is 5.75 Å². The second-order valence-corrected chi connectivity index (χ2v) is 8.68. The molecule has 29 heavy (non-hydrogen) atoms. The molecule has 0 aliphatic heterocycles. The standard InChI is InChI=1S/C20H25N3O5S/c1-14(17-10-5-6-11-18(17)28-4)22-19(24)13-21-20(25)15-8-7-9-16(12-15)29(26,27)23(2)3/h5-12,14H,13H2,1-4H3,(H,21,25)(H,22,24). The highest BCUT2D eigenvalue weighted by Crippen LogP contribution is 2.24. The highest BCUT2D eigenvalue weighted by molar-refractivity contribution is 7.89. The van der Waals surface area contributed by atoms with Gasteiger partial charge < -0.3 is 15.4 Å². The molecule has 0 aromatic heterocycles. The molecule has 8 nitrogen and oxygen atoms in total. The Morgan fingerprint density at radius 1 is 1.10 bits per heavy atom. The molecule has 156 valence electrons. The molecule has 2 rings (SSSR count). The number of amides is 2. The van der Waals surface area contributed by atoms with Gasteiger partial charge in [-0.2, -0.15) is 0 Å². The fourth-order valence-corrected chi connectivity index (χ4v) is 3.61. The van der Waals surface area contributed by atoms with E-state index in [1.165, 1.54) is 38.4 Å². The number of carbonyl (C=O) groups excluding carboxylic acids is 2. The first-order chi connectivity index (χ1) is 13.7. The summed E-state index contributed by atoms with van der Waals surface area (Å²) in [5, 5.41) is 5.29. The van der Waals surface area contributed by atoms with Crippen LogP contribution in [-0.4, -0.2) is 52.3 Å². The smallest absolute Gasteiger partial charge is 0.251 e. The van der Waals surface area contributed by atoms with Crippen LogP contribution in [0.3, 0.4) is 0 Å². The SMILES string of the molecule is COc1ccccc1C(C)NC(=O)CNC(=O)c1cccc(S(=O)(=O)N(C)C)c1. The maximum atomic E-state index is 12.3. The van der Waals surface area contributed by atoms with Gasteiger partial charge in [-0.1, -0.05) is 24.3 Å². The summed E-state index contributed by atoms with van der Waals surface area (Å²) >= 11 is 0. The Labute approximate surface area is 170 Å². The molecule has 1 atom stereocenters. The number of nitrogens with one attached hydrogen (secondary N) is 2. The minimum absolute atomic E-state index is 0.00407. The normalized spacial score (nSPS) is 12.3. The Morgan fingerprint density at radius 3 is 2.45 bits per heavy atom. The van der Waals surface area contributed by atoms with Gasteiger partial charge in [0, 0.05) is 25.2 Å². The van der Waals surface area contributed by atoms with Gasteiger partial charge in [-0.15, -0.1) is 0 Å². The zero-order valence-electron chi connectivity index (χ0n) is 16.8. The number of para-hydroxylation sites is 1. The van der Waals surface area contributed by atoms with Crippen molar-refractivity contribution in [2.75, 3.05) is 27.7 Å². The van der Waals surface area contributed by atoms with E-state index in [0.717, 1.165) is 9.87 Å². The van der Waals surface area contributed by atoms with Gasteiger partial charge in [-0.25, -0.2) is 12.7 Å². The van der Waals surface area contributed by atoms with Gasteiger partial charge in [-0.05, 0) is 31.2 Å². The van der Waals surface area contributed by atoms with Crippen LogP contribution in [0.15, 0.2) is 53.4 Å². The molecule has 0 saturated carbocycles. The third kappa shape index (κ3) is 5.55. The van der Waals surface area contributed by atoms with Gasteiger partial charge >= 0.3 is 0 Å². The Bertz CT molecular complexity index is 989. The summed E-state index contributed by atoms with van der Waals surface area (Å²) < 4.78 is 30.8. The Hall–Kier alpha value is -2.91. The van der Waals surface area contributed by atoms with Crippen LogP contribution in [0.1, 0.15) is 28.9 Å². The molecule has 2 aromatic carbocycles. The predicted molar refractivity (Wildman–Crippen MR) is 109 cm³/mol. The molecule has 0 bridgehead atoms. The van der Waals surface area contributed by atoms with E-state index in [9.17, 15) is 18.0 Å². The van der Waals surface area contributed by atoms with Crippen LogP contribution in [-0.2, 0) is 14.8 Å². The van der Waals surface area contributed by atoms with Crippen molar-refractivity contribution in [3.05, 3.63) is 59.7 Å². The Balaban J connectivity index is 1.99. The lowest BCUT2D eigenvalue weighted by atomic mass is 10.1. The molecule has 2 amide bonds. The molecule has 0 aliphatic rings. The predicted octanol–water partition coefficient (Wildman–Crippen LogP) is 1.55. The molecular weight excluding hydrogens is 394 g/mol. The number of hydrogen-bond acceptors (Lipinski definition) is 5. The summed E-state index contributed by atoms with van der Waals surface area (Å²) in [6.45, 7) is 1.57. The van der Waals surface area contributed by atoms with Gasteiger partial charge in [0.05, 0.1) is 24.6 Å². The molecular formula is C20H25N3O5S. The van der Waals surface area contributed by atoms with Crippen LogP contribution in [0.25, 0.3) is 0 Å². The number of rotatable bonds is 8. The summed E-state index contributed by atoms with van der Waals surface area (Å²) in [4.78, 5) is 24.5. The number of carbonyl (C=O) groups is 2. The number of ether oxygens (including phenoxy) is 1. The molecule has 0 aliphatic carbocycles. The van der Waals surface area contributed by atoms with E-state index in [1.54, 1.807) is 13.2 Å². The van der Waals surface area contributed by atoms with Crippen LogP contribution in [0.5, 0.6) is 5.75 Å². The van der Waals surface area contributed by atoms with Gasteiger partial charge in [0.1, 0.15) is 5.75 Å². The largest absolute Gasteiger partial charge is 0.496 e. The van der Waals surface area contributed by atoms with Crippen molar-refractivity contribution < 1.29 is 22.7 Å². The lowest BCUT2D eigenvalue weighted by Gasteiger charge is -2.17. The third-order valence-electron chi connectivity index (χ3n) is 4.27. The van der Waals surface area contributed by atoms with Gasteiger partial charge in [-0.3, -0.25) is 9.59 Å². The minimum Gasteiger partial charge on any atom is -0.496 e. The van der Waals surface area contributed by atoms with Crippen molar-refractivity contribution in [3.8, 4) is 5.75 Å². The lowest BCUT2D eigenvalue weighted by Crippen LogP contribution is -2.38. The highest BCUT2D eigenvalue weighted by atomic mass is 32.2. The third-order valence-corrected chi connectivity index (χ3v) is 6.08. The van der Waals surface area contributed by atoms with E-state index in [4.69, 9.17) is 4.74 Å². The van der Waals surface area contributed by atoms with Crippen molar-refractivity contribution in [3.63, 3.8) is 0 Å². The average molecular weight is 420 g/mol. The van der Waals surface area contributed by atoms with Crippen LogP contribution >= 0.6 is 0 Å². The zero-order chi connectivity index (χ0) is 21.6. The molecule has 0 radical (unpaired) electrons. The number of methoxy groups -OCH3 is 1. The molecule has 0 fully saturated rings. The van der Waals surface area contributed by atoms with Crippen molar-refractivity contribution in [1.82, 2.24) is 14.9 Å². The van der Waals surface area contributed by atoms with Gasteiger partial charge in [0.25, 0.3) is 5.91 Å². The first-order valence-electron chi connectivity index (χ1n) is 8.90. The summed E-state index contributed by atoms with van der Waals surface area (Å²) in [7, 11) is 0.723. The Morgan fingerprint density at radius 2 is 1.79 bits per heavy atom. The molecule has 2 aromatic rings. The van der Waals surface area contributed by atoms with E-state index in [-0.39, 0.29) is 29.0 Å². The van der Waals surface area contributed by atoms with Crippen molar-refractivity contribution in [2.24, 2.45) is 0 Å². The molecule has 0 spiro atoms. The first kappa shape index (κ1) is 22.4. The maximum Gasteiger partial charge on any atom is 0.251 e. The fraction of sp³-hybridized carbons (Fsp3) is 0.300. The van der Waals surface area contributed by atoms with E-state index in [1.807, 2.05) is 25.1 Å². The number of sulfonamides is 1. The maximum absolute atomic E-state index is 12.3. The molecule has 0 saturated heterocycles. The van der Waals surface area contributed by atoms with E-state index < -0.39 is 15.9 Å². The summed E-state index contributed by atoms with van der Waals surface area (Å²) in [6, 6.07) is 12.7. The van der Waals surface area contributed by atoms with Crippen LogP contribution < -0.4 is 15.4 Å². The number of nitrogens with zero attached hydrogens (tertiary/aromatic N) is 1. The van der Waals surface area contributed by atoms with Gasteiger partial charge in [0.15, 0.2) is 0 Å². The summed E-state index contributed by atoms with van der Waals surface area (Å²) in [5.41, 5.74) is 0.967. The van der Waals surface area contributed by atoms with Crippen LogP contribution in [0.4, 0.5) is 0 Å². The zero-order valence-corrected chi connectivity index (χ0v) is 17.6. The summed E-state index contributed by atoms with van der Waals surface area (Å²) in [6.07, 6.45) is 0. The molecule has 9 heteroatoms. The monoisotopic (exact) mass is 419 g/mol. The highest BCUT2D eigenvalue weighted by Gasteiger charge is 2.19. The Kier molecular flexibility index (Phi) is 7.35. The molecule has 0 heterocycles. The van der Waals surface area contributed by atoms with E-state index in [2.05, 4.69) is 10.6 Å². The van der Waals surface area contributed by atoms with Crippen molar-refractivity contribution >= 4 is 21.8 Å². The molecule has 1 unspecified atom stereocenters. The van der Waals surface area contributed by atoms with Crippen molar-refractivity contribution in [1.29, 1.82) is 0 Å². The van der Waals surface area contributed by atoms with Gasteiger partial charge in [0.2, 0.25) is 15.9 Å². The minimum atomic E-state index is -3.66. The number of benzene rings is 2.